The highest BCUT2D eigenvalue weighted by atomic mass is 16.2. The van der Waals surface area contributed by atoms with Gasteiger partial charge in [0.05, 0.1) is 5.71 Å². The molecule has 23 heavy (non-hydrogen) atoms. The topological polar surface area (TPSA) is 73.8 Å². The summed E-state index contributed by atoms with van der Waals surface area (Å²) in [6, 6.07) is 9.84. The van der Waals surface area contributed by atoms with Crippen LogP contribution in [0.4, 0.5) is 0 Å². The Bertz CT molecular complexity index is 709. The molecule has 0 saturated heterocycles. The smallest absolute Gasteiger partial charge is 0.273 e. The predicted molar refractivity (Wildman–Crippen MR) is 87.3 cm³/mol. The molecular weight excluding hydrogens is 292 g/mol. The zero-order valence-corrected chi connectivity index (χ0v) is 13.5. The van der Waals surface area contributed by atoms with Crippen molar-refractivity contribution >= 4 is 17.5 Å². The summed E-state index contributed by atoms with van der Waals surface area (Å²) in [6.45, 7) is 3.65. The van der Waals surface area contributed by atoms with Gasteiger partial charge < -0.3 is 10.6 Å². The van der Waals surface area contributed by atoms with Crippen molar-refractivity contribution in [3.8, 4) is 0 Å². The molecule has 1 aromatic rings. The number of allylic oxidation sites excluding steroid dienone is 1. The number of fused-ring (bicyclic) bond motifs is 1. The standard InChI is InChI=1S/C17H20N4O2/c1-10-13(9-12-7-5-4-6-8-12)17(23)21-15(19-10)14(11(2)20-21)16(22)18-3/h4-8,14-15,19H,9H2,1-3H3,(H,18,22). The van der Waals surface area contributed by atoms with Crippen molar-refractivity contribution in [2.45, 2.75) is 26.4 Å². The van der Waals surface area contributed by atoms with Crippen molar-refractivity contribution in [1.82, 2.24) is 15.6 Å². The zero-order valence-electron chi connectivity index (χ0n) is 13.5. The van der Waals surface area contributed by atoms with Crippen molar-refractivity contribution in [2.75, 3.05) is 7.05 Å². The molecule has 0 radical (unpaired) electrons. The lowest BCUT2D eigenvalue weighted by atomic mass is 9.96. The molecule has 6 heteroatoms. The second kappa shape index (κ2) is 5.87. The molecule has 0 bridgehead atoms. The fourth-order valence-electron chi connectivity index (χ4n) is 3.08. The monoisotopic (exact) mass is 312 g/mol. The lowest BCUT2D eigenvalue weighted by Gasteiger charge is -2.33. The molecule has 2 unspecified atom stereocenters. The van der Waals surface area contributed by atoms with E-state index in [0.29, 0.717) is 17.7 Å². The maximum absolute atomic E-state index is 12.8. The highest BCUT2D eigenvalue weighted by molar-refractivity contribution is 6.07. The van der Waals surface area contributed by atoms with Gasteiger partial charge in [-0.05, 0) is 19.4 Å². The number of carbonyl (C=O) groups excluding carboxylic acids is 2. The normalized spacial score (nSPS) is 23.3. The van der Waals surface area contributed by atoms with Gasteiger partial charge in [0.2, 0.25) is 5.91 Å². The maximum Gasteiger partial charge on any atom is 0.273 e. The van der Waals surface area contributed by atoms with E-state index >= 15 is 0 Å². The van der Waals surface area contributed by atoms with Gasteiger partial charge in [0, 0.05) is 24.7 Å². The van der Waals surface area contributed by atoms with Crippen LogP contribution in [0.15, 0.2) is 46.7 Å². The molecule has 1 aromatic carbocycles. The second-order valence-electron chi connectivity index (χ2n) is 5.84. The first-order chi connectivity index (χ1) is 11.0. The third-order valence-corrected chi connectivity index (χ3v) is 4.33. The summed E-state index contributed by atoms with van der Waals surface area (Å²) in [5.41, 5.74) is 3.20. The van der Waals surface area contributed by atoms with Crippen LogP contribution in [0.3, 0.4) is 0 Å². The molecular formula is C17H20N4O2. The summed E-state index contributed by atoms with van der Waals surface area (Å²) < 4.78 is 0. The second-order valence-corrected chi connectivity index (χ2v) is 5.84. The van der Waals surface area contributed by atoms with E-state index in [0.717, 1.165) is 11.3 Å². The number of rotatable bonds is 3. The molecule has 2 aliphatic rings. The van der Waals surface area contributed by atoms with Crippen molar-refractivity contribution in [3.63, 3.8) is 0 Å². The Labute approximate surface area is 135 Å². The predicted octanol–water partition coefficient (Wildman–Crippen LogP) is 1.01. The van der Waals surface area contributed by atoms with Gasteiger partial charge in [-0.1, -0.05) is 30.3 Å². The average Bonchev–Trinajstić information content (AvgIpc) is 2.88. The van der Waals surface area contributed by atoms with Crippen LogP contribution in [0.25, 0.3) is 0 Å². The summed E-state index contributed by atoms with van der Waals surface area (Å²) in [4.78, 5) is 24.9. The van der Waals surface area contributed by atoms with E-state index < -0.39 is 12.1 Å². The van der Waals surface area contributed by atoms with Crippen LogP contribution >= 0.6 is 0 Å². The number of nitrogens with one attached hydrogen (secondary N) is 2. The van der Waals surface area contributed by atoms with Crippen molar-refractivity contribution in [2.24, 2.45) is 11.0 Å². The van der Waals surface area contributed by atoms with Gasteiger partial charge in [0.1, 0.15) is 12.1 Å². The van der Waals surface area contributed by atoms with E-state index in [4.69, 9.17) is 0 Å². The molecule has 2 amide bonds. The van der Waals surface area contributed by atoms with Crippen molar-refractivity contribution in [3.05, 3.63) is 47.2 Å². The zero-order chi connectivity index (χ0) is 16.6. The van der Waals surface area contributed by atoms with E-state index in [1.807, 2.05) is 37.3 Å². The van der Waals surface area contributed by atoms with Gasteiger partial charge in [0.25, 0.3) is 5.91 Å². The van der Waals surface area contributed by atoms with Crippen molar-refractivity contribution < 1.29 is 9.59 Å². The Morgan fingerprint density at radius 2 is 2.00 bits per heavy atom. The highest BCUT2D eigenvalue weighted by Gasteiger charge is 2.46. The minimum atomic E-state index is -0.461. The van der Waals surface area contributed by atoms with Crippen LogP contribution < -0.4 is 10.6 Å². The Hall–Kier alpha value is -2.63. The van der Waals surface area contributed by atoms with Crippen molar-refractivity contribution in [1.29, 1.82) is 0 Å². The van der Waals surface area contributed by atoms with Crippen LogP contribution in [0.5, 0.6) is 0 Å². The van der Waals surface area contributed by atoms with Gasteiger partial charge >= 0.3 is 0 Å². The summed E-state index contributed by atoms with van der Waals surface area (Å²) in [5.74, 6) is -0.739. The van der Waals surface area contributed by atoms with Gasteiger partial charge in [-0.15, -0.1) is 0 Å². The first-order valence-corrected chi connectivity index (χ1v) is 7.63. The summed E-state index contributed by atoms with van der Waals surface area (Å²) >= 11 is 0. The molecule has 0 aliphatic carbocycles. The first kappa shape index (κ1) is 15.3. The number of amides is 2. The molecule has 0 aromatic heterocycles. The lowest BCUT2D eigenvalue weighted by molar-refractivity contribution is -0.133. The Morgan fingerprint density at radius 3 is 2.65 bits per heavy atom. The Kier molecular flexibility index (Phi) is 3.90. The van der Waals surface area contributed by atoms with Crippen LogP contribution in [-0.2, 0) is 16.0 Å². The summed E-state index contributed by atoms with van der Waals surface area (Å²) in [7, 11) is 1.59. The van der Waals surface area contributed by atoms with E-state index in [1.54, 1.807) is 14.0 Å². The van der Waals surface area contributed by atoms with Gasteiger partial charge in [0.15, 0.2) is 0 Å². The minimum Gasteiger partial charge on any atom is -0.366 e. The van der Waals surface area contributed by atoms with E-state index in [9.17, 15) is 9.59 Å². The fourth-order valence-corrected chi connectivity index (χ4v) is 3.08. The molecule has 2 aliphatic heterocycles. The largest absolute Gasteiger partial charge is 0.366 e. The molecule has 0 fully saturated rings. The van der Waals surface area contributed by atoms with Crippen LogP contribution in [0.1, 0.15) is 19.4 Å². The maximum atomic E-state index is 12.8. The Morgan fingerprint density at radius 1 is 1.30 bits per heavy atom. The number of hydrogen-bond acceptors (Lipinski definition) is 4. The first-order valence-electron chi connectivity index (χ1n) is 7.63. The third-order valence-electron chi connectivity index (χ3n) is 4.33. The van der Waals surface area contributed by atoms with Crippen LogP contribution in [0, 0.1) is 5.92 Å². The SMILES string of the molecule is CNC(=O)C1C(C)=NN2C(=O)C(Cc3ccccc3)=C(C)NC12. The number of carbonyl (C=O) groups is 2. The molecule has 2 N–H and O–H groups in total. The van der Waals surface area contributed by atoms with E-state index in [2.05, 4.69) is 15.7 Å². The summed E-state index contributed by atoms with van der Waals surface area (Å²) in [6.07, 6.45) is 0.1000. The molecule has 0 spiro atoms. The quantitative estimate of drug-likeness (QED) is 0.875. The number of benzene rings is 1. The Balaban J connectivity index is 1.90. The highest BCUT2D eigenvalue weighted by Crippen LogP contribution is 2.29. The minimum absolute atomic E-state index is 0.138. The molecule has 2 heterocycles. The lowest BCUT2D eigenvalue weighted by Crippen LogP contribution is -2.54. The molecule has 0 saturated carbocycles. The molecule has 2 atom stereocenters. The van der Waals surface area contributed by atoms with E-state index in [-0.39, 0.29) is 11.8 Å². The van der Waals surface area contributed by atoms with E-state index in [1.165, 1.54) is 5.01 Å². The molecule has 3 rings (SSSR count). The molecule has 120 valence electrons. The number of hydrazone groups is 1. The number of nitrogens with zero attached hydrogens (tertiary/aromatic N) is 2. The fraction of sp³-hybridized carbons (Fsp3) is 0.353. The van der Waals surface area contributed by atoms with Crippen LogP contribution in [0.2, 0.25) is 0 Å². The van der Waals surface area contributed by atoms with Gasteiger partial charge in [-0.25, -0.2) is 5.01 Å². The van der Waals surface area contributed by atoms with Crippen LogP contribution in [-0.4, -0.2) is 35.7 Å². The molecule has 6 nitrogen and oxygen atoms in total. The third kappa shape index (κ3) is 2.60. The summed E-state index contributed by atoms with van der Waals surface area (Å²) in [5, 5.41) is 11.6. The number of hydrogen-bond donors (Lipinski definition) is 2. The average molecular weight is 312 g/mol. The van der Waals surface area contributed by atoms with Gasteiger partial charge in [-0.3, -0.25) is 9.59 Å². The van der Waals surface area contributed by atoms with Gasteiger partial charge in [-0.2, -0.15) is 5.10 Å².